The van der Waals surface area contributed by atoms with E-state index in [0.717, 1.165) is 12.8 Å². The number of unbranched alkanes of at least 4 members (excludes halogenated alkanes) is 10. The quantitative estimate of drug-likeness (QED) is 0.255. The van der Waals surface area contributed by atoms with E-state index >= 15 is 0 Å². The van der Waals surface area contributed by atoms with Gasteiger partial charge in [0.05, 0.1) is 6.61 Å². The topological polar surface area (TPSA) is 43.4 Å². The lowest BCUT2D eigenvalue weighted by atomic mass is 10.1. The number of ether oxygens (including phenoxy) is 1. The molecule has 0 saturated carbocycles. The largest absolute Gasteiger partial charge is 0.465 e. The van der Waals surface area contributed by atoms with E-state index in [-0.39, 0.29) is 11.8 Å². The molecule has 3 nitrogen and oxygen atoms in total. The van der Waals surface area contributed by atoms with Crippen molar-refractivity contribution in [2.75, 3.05) is 6.61 Å². The summed E-state index contributed by atoms with van der Waals surface area (Å²) in [6.07, 6.45) is 14.0. The standard InChI is InChI=1S/C18H34O3/c1-4-5-6-7-8-9-10-11-12-13-14-15-21-18(20)16(2)17(3)19/h16H,4-15H2,1-3H3. The van der Waals surface area contributed by atoms with Gasteiger partial charge in [-0.25, -0.2) is 0 Å². The van der Waals surface area contributed by atoms with Crippen LogP contribution < -0.4 is 0 Å². The molecule has 0 fully saturated rings. The van der Waals surface area contributed by atoms with Gasteiger partial charge in [0.25, 0.3) is 0 Å². The molecule has 0 saturated heterocycles. The first-order chi connectivity index (χ1) is 10.1. The number of rotatable bonds is 14. The molecule has 0 aliphatic carbocycles. The summed E-state index contributed by atoms with van der Waals surface area (Å²) in [5, 5.41) is 0. The molecule has 0 rings (SSSR count). The molecular formula is C18H34O3. The third kappa shape index (κ3) is 12.6. The molecule has 1 atom stereocenters. The fourth-order valence-electron chi connectivity index (χ4n) is 2.23. The third-order valence-electron chi connectivity index (χ3n) is 3.96. The van der Waals surface area contributed by atoms with Crippen LogP contribution in [0.2, 0.25) is 0 Å². The molecule has 1 unspecified atom stereocenters. The van der Waals surface area contributed by atoms with E-state index in [0.29, 0.717) is 6.61 Å². The van der Waals surface area contributed by atoms with E-state index < -0.39 is 5.92 Å². The van der Waals surface area contributed by atoms with Crippen LogP contribution in [0.3, 0.4) is 0 Å². The van der Waals surface area contributed by atoms with Gasteiger partial charge in [-0.1, -0.05) is 71.1 Å². The summed E-state index contributed by atoms with van der Waals surface area (Å²) >= 11 is 0. The average Bonchev–Trinajstić information content (AvgIpc) is 2.47. The van der Waals surface area contributed by atoms with Gasteiger partial charge >= 0.3 is 5.97 Å². The molecule has 0 bridgehead atoms. The second kappa shape index (κ2) is 14.1. The van der Waals surface area contributed by atoms with Crippen molar-refractivity contribution >= 4 is 11.8 Å². The van der Waals surface area contributed by atoms with Gasteiger partial charge in [-0.15, -0.1) is 0 Å². The Morgan fingerprint density at radius 3 is 1.67 bits per heavy atom. The SMILES string of the molecule is CCCCCCCCCCCCCOC(=O)C(C)C(C)=O. The molecule has 124 valence electrons. The second-order valence-corrected chi connectivity index (χ2v) is 6.04. The summed E-state index contributed by atoms with van der Waals surface area (Å²) in [5.74, 6) is -1.12. The van der Waals surface area contributed by atoms with Gasteiger partial charge in [0.1, 0.15) is 11.7 Å². The van der Waals surface area contributed by atoms with E-state index in [1.54, 1.807) is 6.92 Å². The Morgan fingerprint density at radius 1 is 0.810 bits per heavy atom. The second-order valence-electron chi connectivity index (χ2n) is 6.04. The number of esters is 1. The van der Waals surface area contributed by atoms with Crippen LogP contribution in [0.5, 0.6) is 0 Å². The number of Topliss-reactive ketones (excluding diaryl/α,β-unsaturated/α-hetero) is 1. The third-order valence-corrected chi connectivity index (χ3v) is 3.96. The van der Waals surface area contributed by atoms with Gasteiger partial charge in [0.2, 0.25) is 0 Å². The Morgan fingerprint density at radius 2 is 1.24 bits per heavy atom. The minimum atomic E-state index is -0.613. The first-order valence-electron chi connectivity index (χ1n) is 8.76. The van der Waals surface area contributed by atoms with Gasteiger partial charge in [0, 0.05) is 0 Å². The monoisotopic (exact) mass is 298 g/mol. The highest BCUT2D eigenvalue weighted by Gasteiger charge is 2.18. The van der Waals surface area contributed by atoms with Crippen molar-refractivity contribution in [2.45, 2.75) is 91.4 Å². The first-order valence-corrected chi connectivity index (χ1v) is 8.76. The summed E-state index contributed by atoms with van der Waals surface area (Å²) in [6, 6.07) is 0. The summed E-state index contributed by atoms with van der Waals surface area (Å²) < 4.78 is 5.09. The number of ketones is 1. The molecule has 0 aromatic heterocycles. The maximum absolute atomic E-state index is 11.4. The van der Waals surface area contributed by atoms with E-state index in [4.69, 9.17) is 4.74 Å². The Labute approximate surface area is 130 Å². The smallest absolute Gasteiger partial charge is 0.316 e. The minimum absolute atomic E-state index is 0.126. The number of hydrogen-bond acceptors (Lipinski definition) is 3. The van der Waals surface area contributed by atoms with Crippen LogP contribution in [0, 0.1) is 5.92 Å². The molecule has 0 spiro atoms. The predicted molar refractivity (Wildman–Crippen MR) is 87.3 cm³/mol. The van der Waals surface area contributed by atoms with Gasteiger partial charge in [0.15, 0.2) is 0 Å². The normalized spacial score (nSPS) is 12.1. The van der Waals surface area contributed by atoms with Gasteiger partial charge in [-0.3, -0.25) is 9.59 Å². The van der Waals surface area contributed by atoms with Gasteiger partial charge in [-0.05, 0) is 20.3 Å². The van der Waals surface area contributed by atoms with Crippen LogP contribution >= 0.6 is 0 Å². The zero-order chi connectivity index (χ0) is 15.9. The molecule has 0 aromatic rings. The highest BCUT2D eigenvalue weighted by molar-refractivity contribution is 5.97. The lowest BCUT2D eigenvalue weighted by Crippen LogP contribution is -2.21. The van der Waals surface area contributed by atoms with Crippen LogP contribution in [0.25, 0.3) is 0 Å². The van der Waals surface area contributed by atoms with Crippen molar-refractivity contribution in [3.63, 3.8) is 0 Å². The molecule has 0 aliphatic rings. The zero-order valence-electron chi connectivity index (χ0n) is 14.3. The summed E-state index contributed by atoms with van der Waals surface area (Å²) in [6.45, 7) is 5.73. The molecule has 0 radical (unpaired) electrons. The highest BCUT2D eigenvalue weighted by atomic mass is 16.5. The molecule has 0 aromatic carbocycles. The Bertz CT molecular complexity index is 274. The van der Waals surface area contributed by atoms with Crippen molar-refractivity contribution < 1.29 is 14.3 Å². The number of carbonyl (C=O) groups excluding carboxylic acids is 2. The molecule has 0 N–H and O–H groups in total. The fourth-order valence-corrected chi connectivity index (χ4v) is 2.23. The van der Waals surface area contributed by atoms with Gasteiger partial charge < -0.3 is 4.74 Å². The van der Waals surface area contributed by atoms with Crippen molar-refractivity contribution in [2.24, 2.45) is 5.92 Å². The van der Waals surface area contributed by atoms with Gasteiger partial charge in [-0.2, -0.15) is 0 Å². The predicted octanol–water partition coefficient (Wildman–Crippen LogP) is 5.07. The molecule has 3 heteroatoms. The van der Waals surface area contributed by atoms with E-state index in [1.165, 1.54) is 64.7 Å². The van der Waals surface area contributed by atoms with Crippen LogP contribution in [0.1, 0.15) is 91.4 Å². The van der Waals surface area contributed by atoms with Crippen molar-refractivity contribution in [1.82, 2.24) is 0 Å². The molecule has 0 amide bonds. The molecule has 21 heavy (non-hydrogen) atoms. The van der Waals surface area contributed by atoms with Crippen molar-refractivity contribution in [3.05, 3.63) is 0 Å². The molecule has 0 aliphatic heterocycles. The highest BCUT2D eigenvalue weighted by Crippen LogP contribution is 2.11. The first kappa shape index (κ1) is 20.1. The Hall–Kier alpha value is -0.860. The molecule has 0 heterocycles. The Kier molecular flexibility index (Phi) is 13.5. The maximum Gasteiger partial charge on any atom is 0.316 e. The number of carbonyl (C=O) groups is 2. The van der Waals surface area contributed by atoms with Crippen LogP contribution in [0.4, 0.5) is 0 Å². The van der Waals surface area contributed by atoms with Crippen LogP contribution in [-0.4, -0.2) is 18.4 Å². The van der Waals surface area contributed by atoms with E-state index in [2.05, 4.69) is 6.92 Å². The molecular weight excluding hydrogens is 264 g/mol. The zero-order valence-corrected chi connectivity index (χ0v) is 14.3. The van der Waals surface area contributed by atoms with Crippen molar-refractivity contribution in [3.8, 4) is 0 Å². The van der Waals surface area contributed by atoms with E-state index in [9.17, 15) is 9.59 Å². The van der Waals surface area contributed by atoms with Crippen molar-refractivity contribution in [1.29, 1.82) is 0 Å². The number of hydrogen-bond donors (Lipinski definition) is 0. The summed E-state index contributed by atoms with van der Waals surface area (Å²) in [5.41, 5.74) is 0. The van der Waals surface area contributed by atoms with Crippen LogP contribution in [0.15, 0.2) is 0 Å². The van der Waals surface area contributed by atoms with E-state index in [1.807, 2.05) is 0 Å². The minimum Gasteiger partial charge on any atom is -0.465 e. The van der Waals surface area contributed by atoms with Crippen LogP contribution in [-0.2, 0) is 14.3 Å². The Balaban J connectivity index is 3.22. The summed E-state index contributed by atoms with van der Waals surface area (Å²) in [7, 11) is 0. The summed E-state index contributed by atoms with van der Waals surface area (Å²) in [4.78, 5) is 22.4. The fraction of sp³-hybridized carbons (Fsp3) is 0.889. The lowest BCUT2D eigenvalue weighted by molar-refractivity contribution is -0.150. The maximum atomic E-state index is 11.4. The average molecular weight is 298 g/mol. The lowest BCUT2D eigenvalue weighted by Gasteiger charge is -2.08.